The maximum absolute atomic E-state index is 10.3. The van der Waals surface area contributed by atoms with Gasteiger partial charge >= 0.3 is 0 Å². The van der Waals surface area contributed by atoms with E-state index in [4.69, 9.17) is 4.74 Å². The Morgan fingerprint density at radius 3 is 2.45 bits per heavy atom. The molecule has 0 aliphatic heterocycles. The third-order valence-electron chi connectivity index (χ3n) is 0.844. The quantitative estimate of drug-likeness (QED) is 0.552. The van der Waals surface area contributed by atoms with E-state index in [-0.39, 0.29) is 10.0 Å². The minimum atomic E-state index is -0.150. The van der Waals surface area contributed by atoms with Gasteiger partial charge in [0.15, 0.2) is 0 Å². The van der Waals surface area contributed by atoms with E-state index in [0.717, 1.165) is 0 Å². The largest absolute Gasteiger partial charge is 0.375 e. The third-order valence-corrected chi connectivity index (χ3v) is 1.85. The molecule has 2 nitrogen and oxygen atoms in total. The number of hydrogen-bond donors (Lipinski definition) is 1. The first-order chi connectivity index (χ1) is 4.92. The van der Waals surface area contributed by atoms with E-state index >= 15 is 0 Å². The number of ether oxygens (including phenoxy) is 1. The second-order valence-electron chi connectivity index (χ2n) is 3.08. The number of thioether (sulfide) groups is 1. The molecule has 0 atom stereocenters. The molecule has 11 heavy (non-hydrogen) atoms. The Balaban J connectivity index is 3.22. The molecular formula is C7H14O2S2. The van der Waals surface area contributed by atoms with Crippen molar-refractivity contribution >= 4 is 28.8 Å². The third kappa shape index (κ3) is 10.3. The summed E-state index contributed by atoms with van der Waals surface area (Å²) in [7, 11) is 0. The topological polar surface area (TPSA) is 26.3 Å². The van der Waals surface area contributed by atoms with Crippen LogP contribution in [-0.4, -0.2) is 22.4 Å². The van der Waals surface area contributed by atoms with Gasteiger partial charge in [0.2, 0.25) is 4.45 Å². The molecule has 0 aliphatic rings. The second-order valence-corrected chi connectivity index (χ2v) is 4.85. The Hall–Kier alpha value is 0.330. The molecule has 0 aliphatic carbocycles. The van der Waals surface area contributed by atoms with Crippen LogP contribution >= 0.6 is 24.4 Å². The molecule has 0 aromatic rings. The predicted molar refractivity (Wildman–Crippen MR) is 52.5 cm³/mol. The summed E-state index contributed by atoms with van der Waals surface area (Å²) in [5, 5.41) is 0. The second kappa shape index (κ2) is 5.06. The van der Waals surface area contributed by atoms with Crippen LogP contribution in [0.3, 0.4) is 0 Å². The minimum absolute atomic E-state index is 0.111. The summed E-state index contributed by atoms with van der Waals surface area (Å²) in [4.78, 5) is 10.3. The molecular weight excluding hydrogens is 180 g/mol. The Kier molecular flexibility index (Phi) is 5.21. The molecule has 0 saturated carbocycles. The highest BCUT2D eigenvalue weighted by atomic mass is 32.2. The number of rotatable bonds is 3. The molecule has 0 N–H and O–H groups in total. The summed E-state index contributed by atoms with van der Waals surface area (Å²) in [5.74, 6) is 0.680. The number of carbonyl (C=O) groups is 1. The maximum Gasteiger partial charge on any atom is 0.243 e. The Bertz CT molecular complexity index is 129. The lowest BCUT2D eigenvalue weighted by molar-refractivity contribution is 0.00698. The van der Waals surface area contributed by atoms with Crippen LogP contribution in [0.15, 0.2) is 0 Å². The van der Waals surface area contributed by atoms with Crippen molar-refractivity contribution in [3.8, 4) is 0 Å². The fourth-order valence-electron chi connectivity index (χ4n) is 0.477. The lowest BCUT2D eigenvalue weighted by atomic mass is 10.2. The van der Waals surface area contributed by atoms with Gasteiger partial charge in [-0.05, 0) is 20.8 Å². The maximum atomic E-state index is 10.3. The molecule has 0 bridgehead atoms. The minimum Gasteiger partial charge on any atom is -0.375 e. The van der Waals surface area contributed by atoms with Gasteiger partial charge in [0, 0.05) is 5.75 Å². The van der Waals surface area contributed by atoms with Crippen LogP contribution < -0.4 is 0 Å². The van der Waals surface area contributed by atoms with Crippen molar-refractivity contribution < 1.29 is 9.53 Å². The molecule has 0 fully saturated rings. The van der Waals surface area contributed by atoms with Crippen molar-refractivity contribution in [3.05, 3.63) is 0 Å². The fraction of sp³-hybridized carbons (Fsp3) is 0.857. The van der Waals surface area contributed by atoms with Crippen LogP contribution in [-0.2, 0) is 4.74 Å². The smallest absolute Gasteiger partial charge is 0.243 e. The first-order valence-corrected chi connectivity index (χ1v) is 4.85. The average Bonchev–Trinajstić information content (AvgIpc) is 1.78. The molecule has 0 saturated heterocycles. The highest BCUT2D eigenvalue weighted by molar-refractivity contribution is 8.32. The lowest BCUT2D eigenvalue weighted by Crippen LogP contribution is -2.20. The van der Waals surface area contributed by atoms with Crippen molar-refractivity contribution in [3.63, 3.8) is 0 Å². The molecule has 0 unspecified atom stereocenters. The average molecular weight is 194 g/mol. The molecule has 0 radical (unpaired) electrons. The van der Waals surface area contributed by atoms with E-state index in [1.807, 2.05) is 20.8 Å². The van der Waals surface area contributed by atoms with E-state index < -0.39 is 0 Å². The molecule has 66 valence electrons. The summed E-state index contributed by atoms with van der Waals surface area (Å²) in [6, 6.07) is 0. The lowest BCUT2D eigenvalue weighted by Gasteiger charge is -2.18. The van der Waals surface area contributed by atoms with Gasteiger partial charge in [0.1, 0.15) is 0 Å². The fourth-order valence-corrected chi connectivity index (χ4v) is 1.09. The van der Waals surface area contributed by atoms with Crippen molar-refractivity contribution in [1.29, 1.82) is 0 Å². The summed E-state index contributed by atoms with van der Waals surface area (Å²) in [6.45, 7) is 6.56. The summed E-state index contributed by atoms with van der Waals surface area (Å²) < 4.78 is 5.22. The summed E-state index contributed by atoms with van der Waals surface area (Å²) >= 11 is 4.78. The van der Waals surface area contributed by atoms with Crippen molar-refractivity contribution in [2.75, 3.05) is 12.4 Å². The number of hydrogen-bond acceptors (Lipinski definition) is 3. The van der Waals surface area contributed by atoms with Gasteiger partial charge in [-0.25, -0.2) is 0 Å². The number of carbonyl (C=O) groups excluding carboxylic acids is 1. The van der Waals surface area contributed by atoms with Gasteiger partial charge < -0.3 is 4.74 Å². The normalized spacial score (nSPS) is 11.6. The standard InChI is InChI=1S/C7H14O2S2/c1-7(2,3)9-4-5-11-6(8)10/h4-5H2,1-3H3,(H,8,10). The van der Waals surface area contributed by atoms with E-state index in [2.05, 4.69) is 12.6 Å². The van der Waals surface area contributed by atoms with Crippen LogP contribution in [0.5, 0.6) is 0 Å². The summed E-state index contributed by atoms with van der Waals surface area (Å²) in [5.41, 5.74) is -0.111. The van der Waals surface area contributed by atoms with Crippen molar-refractivity contribution in [2.45, 2.75) is 26.4 Å². The first-order valence-electron chi connectivity index (χ1n) is 3.41. The van der Waals surface area contributed by atoms with E-state index in [9.17, 15) is 4.79 Å². The van der Waals surface area contributed by atoms with Crippen molar-refractivity contribution in [2.24, 2.45) is 0 Å². The molecule has 4 heteroatoms. The zero-order chi connectivity index (χ0) is 8.91. The van der Waals surface area contributed by atoms with E-state index in [1.165, 1.54) is 11.8 Å². The van der Waals surface area contributed by atoms with Crippen LogP contribution in [0, 0.1) is 0 Å². The zero-order valence-electron chi connectivity index (χ0n) is 7.09. The molecule has 0 rings (SSSR count). The van der Waals surface area contributed by atoms with E-state index in [1.54, 1.807) is 0 Å². The van der Waals surface area contributed by atoms with Crippen molar-refractivity contribution in [1.82, 2.24) is 0 Å². The van der Waals surface area contributed by atoms with Gasteiger partial charge in [-0.2, -0.15) is 0 Å². The van der Waals surface area contributed by atoms with Gasteiger partial charge in [0.05, 0.1) is 12.2 Å². The molecule has 0 spiro atoms. The Morgan fingerprint density at radius 2 is 2.09 bits per heavy atom. The van der Waals surface area contributed by atoms with Crippen LogP contribution in [0.25, 0.3) is 0 Å². The zero-order valence-corrected chi connectivity index (χ0v) is 8.80. The van der Waals surface area contributed by atoms with Crippen LogP contribution in [0.2, 0.25) is 0 Å². The highest BCUT2D eigenvalue weighted by Gasteiger charge is 2.09. The Morgan fingerprint density at radius 1 is 1.55 bits per heavy atom. The SMILES string of the molecule is CC(C)(C)OCCSC(=O)S. The van der Waals surface area contributed by atoms with E-state index in [0.29, 0.717) is 12.4 Å². The summed E-state index contributed by atoms with van der Waals surface area (Å²) in [6.07, 6.45) is 0. The van der Waals surface area contributed by atoms with Crippen LogP contribution in [0.1, 0.15) is 20.8 Å². The predicted octanol–water partition coefficient (Wildman–Crippen LogP) is 2.58. The molecule has 0 heterocycles. The van der Waals surface area contributed by atoms with Gasteiger partial charge in [-0.3, -0.25) is 4.79 Å². The van der Waals surface area contributed by atoms with Gasteiger partial charge in [-0.15, -0.1) is 0 Å². The molecule has 0 amide bonds. The highest BCUT2D eigenvalue weighted by Crippen LogP contribution is 2.10. The van der Waals surface area contributed by atoms with Gasteiger partial charge in [0.25, 0.3) is 0 Å². The van der Waals surface area contributed by atoms with Gasteiger partial charge in [-0.1, -0.05) is 24.4 Å². The Labute approximate surface area is 77.5 Å². The molecule has 0 aromatic heterocycles. The first kappa shape index (κ1) is 11.3. The monoisotopic (exact) mass is 194 g/mol. The number of thiol groups is 1. The molecule has 0 aromatic carbocycles. The van der Waals surface area contributed by atoms with Crippen LogP contribution in [0.4, 0.5) is 4.79 Å².